The molecule has 1 aromatic carbocycles. The largest absolute Gasteiger partial charge is 0.486 e. The minimum absolute atomic E-state index is 0.00170. The average Bonchev–Trinajstić information content (AvgIpc) is 2.86. The van der Waals surface area contributed by atoms with Crippen molar-refractivity contribution in [2.24, 2.45) is 0 Å². The Morgan fingerprint density at radius 2 is 2.00 bits per heavy atom. The van der Waals surface area contributed by atoms with Gasteiger partial charge in [-0.1, -0.05) is 0 Å². The summed E-state index contributed by atoms with van der Waals surface area (Å²) in [4.78, 5) is 13.7. The molecule has 0 saturated carbocycles. The third kappa shape index (κ3) is 3.02. The highest BCUT2D eigenvalue weighted by atomic mass is 32.2. The van der Waals surface area contributed by atoms with Crippen molar-refractivity contribution in [3.63, 3.8) is 0 Å². The predicted octanol–water partition coefficient (Wildman–Crippen LogP) is 0.502. The molecule has 8 heteroatoms. The lowest BCUT2D eigenvalue weighted by Crippen LogP contribution is -2.37. The van der Waals surface area contributed by atoms with E-state index in [4.69, 9.17) is 9.47 Å². The summed E-state index contributed by atoms with van der Waals surface area (Å²) in [6.45, 7) is 2.87. The van der Waals surface area contributed by atoms with Crippen LogP contribution in [0.3, 0.4) is 0 Å². The number of anilines is 1. The fourth-order valence-electron chi connectivity index (χ4n) is 2.57. The molecule has 2 aliphatic heterocycles. The molecule has 1 N–H and O–H groups in total. The second-order valence-electron chi connectivity index (χ2n) is 5.25. The van der Waals surface area contributed by atoms with Gasteiger partial charge in [-0.2, -0.15) is 0 Å². The second-order valence-corrected chi connectivity index (χ2v) is 7.30. The van der Waals surface area contributed by atoms with Gasteiger partial charge in [0.1, 0.15) is 13.2 Å². The van der Waals surface area contributed by atoms with Crippen LogP contribution in [0.25, 0.3) is 0 Å². The number of carbonyl (C=O) groups excluding carboxylic acids is 1. The highest BCUT2D eigenvalue weighted by molar-refractivity contribution is 7.89. The van der Waals surface area contributed by atoms with Gasteiger partial charge in [0.25, 0.3) is 0 Å². The van der Waals surface area contributed by atoms with E-state index in [1.807, 2.05) is 0 Å². The molecule has 120 valence electrons. The van der Waals surface area contributed by atoms with Gasteiger partial charge < -0.3 is 14.4 Å². The van der Waals surface area contributed by atoms with Gasteiger partial charge >= 0.3 is 0 Å². The maximum Gasteiger partial charge on any atom is 0.228 e. The molecular formula is C14H18N2O5S. The molecule has 0 bridgehead atoms. The summed E-state index contributed by atoms with van der Waals surface area (Å²) in [7, 11) is -3.32. The van der Waals surface area contributed by atoms with E-state index in [0.717, 1.165) is 0 Å². The SMILES string of the molecule is CCS(=O)(=O)N[C@@H]1CC(=O)N(c2ccc3c(c2)OCCO3)C1. The molecule has 1 saturated heterocycles. The van der Waals surface area contributed by atoms with Crippen LogP contribution in [0.2, 0.25) is 0 Å². The lowest BCUT2D eigenvalue weighted by atomic mass is 10.2. The zero-order valence-electron chi connectivity index (χ0n) is 12.2. The van der Waals surface area contributed by atoms with E-state index in [1.54, 1.807) is 30.0 Å². The van der Waals surface area contributed by atoms with Crippen molar-refractivity contribution in [3.05, 3.63) is 18.2 Å². The van der Waals surface area contributed by atoms with E-state index in [2.05, 4.69) is 4.72 Å². The zero-order valence-corrected chi connectivity index (χ0v) is 13.1. The summed E-state index contributed by atoms with van der Waals surface area (Å²) in [6, 6.07) is 4.90. The Bertz CT molecular complexity index is 688. The highest BCUT2D eigenvalue weighted by Gasteiger charge is 2.33. The van der Waals surface area contributed by atoms with Crippen LogP contribution in [0.5, 0.6) is 11.5 Å². The van der Waals surface area contributed by atoms with Crippen LogP contribution in [0.4, 0.5) is 5.69 Å². The molecule has 1 atom stereocenters. The zero-order chi connectivity index (χ0) is 15.7. The number of nitrogens with one attached hydrogen (secondary N) is 1. The quantitative estimate of drug-likeness (QED) is 0.871. The number of sulfonamides is 1. The van der Waals surface area contributed by atoms with Crippen LogP contribution in [0.1, 0.15) is 13.3 Å². The maximum atomic E-state index is 12.1. The van der Waals surface area contributed by atoms with Gasteiger partial charge in [0, 0.05) is 30.8 Å². The first kappa shape index (κ1) is 15.1. The Morgan fingerprint density at radius 1 is 1.27 bits per heavy atom. The standard InChI is InChI=1S/C14H18N2O5S/c1-2-22(18,19)15-10-7-14(17)16(9-10)11-3-4-12-13(8-11)21-6-5-20-12/h3-4,8,10,15H,2,5-7,9H2,1H3/t10-/m1/s1. The van der Waals surface area contributed by atoms with Crippen LogP contribution in [0, 0.1) is 0 Å². The number of carbonyl (C=O) groups is 1. The van der Waals surface area contributed by atoms with Crippen LogP contribution in [-0.4, -0.2) is 45.9 Å². The Kier molecular flexibility index (Phi) is 3.96. The van der Waals surface area contributed by atoms with E-state index in [1.165, 1.54) is 0 Å². The molecule has 1 amide bonds. The van der Waals surface area contributed by atoms with Gasteiger partial charge in [0.05, 0.1) is 5.75 Å². The van der Waals surface area contributed by atoms with Gasteiger partial charge in [-0.15, -0.1) is 0 Å². The number of rotatable bonds is 4. The molecule has 0 spiro atoms. The summed E-state index contributed by atoms with van der Waals surface area (Å²) >= 11 is 0. The Hall–Kier alpha value is -1.80. The molecule has 2 aliphatic rings. The van der Waals surface area contributed by atoms with Gasteiger partial charge in [0.15, 0.2) is 11.5 Å². The molecule has 1 aromatic rings. The third-order valence-electron chi connectivity index (χ3n) is 3.69. The lowest BCUT2D eigenvalue weighted by molar-refractivity contribution is -0.117. The van der Waals surface area contributed by atoms with Crippen molar-refractivity contribution in [1.29, 1.82) is 0 Å². The second kappa shape index (κ2) is 5.77. The number of benzene rings is 1. The molecule has 0 aliphatic carbocycles. The molecular weight excluding hydrogens is 308 g/mol. The average molecular weight is 326 g/mol. The Labute approximate surface area is 129 Å². The van der Waals surface area contributed by atoms with Crippen LogP contribution < -0.4 is 19.1 Å². The topological polar surface area (TPSA) is 84.9 Å². The number of ether oxygens (including phenoxy) is 2. The molecule has 3 rings (SSSR count). The summed E-state index contributed by atoms with van der Waals surface area (Å²) in [5.41, 5.74) is 0.687. The fraction of sp³-hybridized carbons (Fsp3) is 0.500. The summed E-state index contributed by atoms with van der Waals surface area (Å²) in [5, 5.41) is 0. The fourth-order valence-corrected chi connectivity index (χ4v) is 3.41. The minimum Gasteiger partial charge on any atom is -0.486 e. The van der Waals surface area contributed by atoms with Gasteiger partial charge in [0.2, 0.25) is 15.9 Å². The van der Waals surface area contributed by atoms with Gasteiger partial charge in [-0.25, -0.2) is 13.1 Å². The number of fused-ring (bicyclic) bond motifs is 1. The highest BCUT2D eigenvalue weighted by Crippen LogP contribution is 2.35. The van der Waals surface area contributed by atoms with E-state index >= 15 is 0 Å². The van der Waals surface area contributed by atoms with Crippen LogP contribution in [0.15, 0.2) is 18.2 Å². The number of nitrogens with zero attached hydrogens (tertiary/aromatic N) is 1. The third-order valence-corrected chi connectivity index (χ3v) is 5.14. The van der Waals surface area contributed by atoms with E-state index in [0.29, 0.717) is 36.9 Å². The van der Waals surface area contributed by atoms with Crippen molar-refractivity contribution in [1.82, 2.24) is 4.72 Å². The normalized spacial score (nSPS) is 21.2. The molecule has 2 heterocycles. The van der Waals surface area contributed by atoms with E-state index in [9.17, 15) is 13.2 Å². The van der Waals surface area contributed by atoms with Crippen molar-refractivity contribution in [3.8, 4) is 11.5 Å². The number of hydrogen-bond donors (Lipinski definition) is 1. The van der Waals surface area contributed by atoms with E-state index in [-0.39, 0.29) is 18.1 Å². The van der Waals surface area contributed by atoms with Crippen LogP contribution in [-0.2, 0) is 14.8 Å². The first-order chi connectivity index (χ1) is 10.5. The predicted molar refractivity (Wildman–Crippen MR) is 80.8 cm³/mol. The molecule has 0 radical (unpaired) electrons. The van der Waals surface area contributed by atoms with Crippen molar-refractivity contribution in [2.45, 2.75) is 19.4 Å². The molecule has 0 unspecified atom stereocenters. The maximum absolute atomic E-state index is 12.1. The Morgan fingerprint density at radius 3 is 2.73 bits per heavy atom. The van der Waals surface area contributed by atoms with Crippen LogP contribution >= 0.6 is 0 Å². The van der Waals surface area contributed by atoms with Gasteiger partial charge in [-0.05, 0) is 19.1 Å². The first-order valence-electron chi connectivity index (χ1n) is 7.18. The smallest absolute Gasteiger partial charge is 0.228 e. The summed E-state index contributed by atoms with van der Waals surface area (Å²) < 4.78 is 36.7. The van der Waals surface area contributed by atoms with Crippen molar-refractivity contribution >= 4 is 21.6 Å². The summed E-state index contributed by atoms with van der Waals surface area (Å²) in [5.74, 6) is 1.15. The monoisotopic (exact) mass is 326 g/mol. The van der Waals surface area contributed by atoms with E-state index < -0.39 is 16.1 Å². The molecule has 0 aromatic heterocycles. The van der Waals surface area contributed by atoms with Crippen molar-refractivity contribution in [2.75, 3.05) is 30.4 Å². The molecule has 1 fully saturated rings. The number of hydrogen-bond acceptors (Lipinski definition) is 5. The summed E-state index contributed by atoms with van der Waals surface area (Å²) in [6.07, 6.45) is 0.160. The molecule has 22 heavy (non-hydrogen) atoms. The Balaban J connectivity index is 1.77. The lowest BCUT2D eigenvalue weighted by Gasteiger charge is -2.22. The first-order valence-corrected chi connectivity index (χ1v) is 8.84. The minimum atomic E-state index is -3.32. The number of amides is 1. The molecule has 7 nitrogen and oxygen atoms in total. The van der Waals surface area contributed by atoms with Gasteiger partial charge in [-0.3, -0.25) is 4.79 Å². The van der Waals surface area contributed by atoms with Crippen molar-refractivity contribution < 1.29 is 22.7 Å².